The van der Waals surface area contributed by atoms with E-state index in [0.29, 0.717) is 13.2 Å². The van der Waals surface area contributed by atoms with Crippen LogP contribution in [0.5, 0.6) is 0 Å². The van der Waals surface area contributed by atoms with Gasteiger partial charge in [-0.3, -0.25) is 0 Å². The summed E-state index contributed by atoms with van der Waals surface area (Å²) in [5.74, 6) is 0. The number of aliphatic hydroxyl groups excluding tert-OH is 2. The van der Waals surface area contributed by atoms with E-state index < -0.39 is 12.6 Å². The van der Waals surface area contributed by atoms with E-state index in [0.717, 1.165) is 0 Å². The summed E-state index contributed by atoms with van der Waals surface area (Å²) in [7, 11) is 6.24. The molecule has 7 heteroatoms. The van der Waals surface area contributed by atoms with Crippen molar-refractivity contribution in [1.29, 1.82) is 0 Å². The minimum absolute atomic E-state index is 0.125. The molecule has 0 aliphatic rings. The lowest BCUT2D eigenvalue weighted by molar-refractivity contribution is -0.253. The molecule has 0 aromatic carbocycles. The van der Waals surface area contributed by atoms with Gasteiger partial charge >= 0.3 is 0 Å². The molecule has 2 N–H and O–H groups in total. The van der Waals surface area contributed by atoms with Crippen LogP contribution in [0.1, 0.15) is 0 Å². The molecule has 0 aliphatic heterocycles. The van der Waals surface area contributed by atoms with Crippen molar-refractivity contribution in [2.75, 3.05) is 54.9 Å². The fourth-order valence-corrected chi connectivity index (χ4v) is 0.767. The average Bonchev–Trinajstić information content (AvgIpc) is 2.37. The number of rotatable bonds is 9. The standard InChI is InChI=1S/C8H18O5.C2H6O2/c1-9-5-7(11-3)13-8(12-4)6-10-2;3-1-2-4/h7-8H,5-6H2,1-4H3;3-4H,1-2H2. The topological polar surface area (TPSA) is 86.6 Å². The minimum atomic E-state index is -0.426. The molecule has 0 amide bonds. The van der Waals surface area contributed by atoms with Gasteiger partial charge in [0.15, 0.2) is 12.6 Å². The maximum atomic E-state index is 7.62. The van der Waals surface area contributed by atoms with E-state index in [1.165, 1.54) is 0 Å². The summed E-state index contributed by atoms with van der Waals surface area (Å²) in [5, 5.41) is 15.2. The Kier molecular flexibility index (Phi) is 17.6. The van der Waals surface area contributed by atoms with E-state index in [1.54, 1.807) is 28.4 Å². The largest absolute Gasteiger partial charge is 0.394 e. The molecule has 7 nitrogen and oxygen atoms in total. The van der Waals surface area contributed by atoms with Crippen LogP contribution in [-0.2, 0) is 23.7 Å². The highest BCUT2D eigenvalue weighted by molar-refractivity contribution is 4.45. The lowest BCUT2D eigenvalue weighted by Crippen LogP contribution is -2.31. The smallest absolute Gasteiger partial charge is 0.183 e. The molecule has 0 rings (SSSR count). The molecule has 0 heterocycles. The fraction of sp³-hybridized carbons (Fsp3) is 1.00. The molecule has 0 spiro atoms. The van der Waals surface area contributed by atoms with Crippen LogP contribution in [0.15, 0.2) is 0 Å². The molecule has 0 aliphatic carbocycles. The number of aliphatic hydroxyl groups is 2. The molecule has 0 bridgehead atoms. The molecule has 0 aromatic heterocycles. The van der Waals surface area contributed by atoms with Crippen molar-refractivity contribution in [3.63, 3.8) is 0 Å². The second-order valence-corrected chi connectivity index (χ2v) is 2.82. The summed E-state index contributed by atoms with van der Waals surface area (Å²) in [6, 6.07) is 0. The van der Waals surface area contributed by atoms with E-state index in [1.807, 2.05) is 0 Å². The zero-order chi connectivity index (χ0) is 13.5. The summed E-state index contributed by atoms with van der Waals surface area (Å²) in [6.45, 7) is 0.472. The normalized spacial score (nSPS) is 13.8. The van der Waals surface area contributed by atoms with Crippen LogP contribution < -0.4 is 0 Å². The Labute approximate surface area is 102 Å². The summed E-state index contributed by atoms with van der Waals surface area (Å²) in [4.78, 5) is 0. The van der Waals surface area contributed by atoms with Gasteiger partial charge in [0, 0.05) is 28.4 Å². The molecule has 0 radical (unpaired) electrons. The zero-order valence-electron chi connectivity index (χ0n) is 10.9. The van der Waals surface area contributed by atoms with Crippen molar-refractivity contribution >= 4 is 0 Å². The van der Waals surface area contributed by atoms with Crippen molar-refractivity contribution in [3.8, 4) is 0 Å². The van der Waals surface area contributed by atoms with Gasteiger partial charge in [-0.2, -0.15) is 0 Å². The van der Waals surface area contributed by atoms with Gasteiger partial charge in [0.1, 0.15) is 0 Å². The van der Waals surface area contributed by atoms with Crippen LogP contribution in [0, 0.1) is 0 Å². The lowest BCUT2D eigenvalue weighted by Gasteiger charge is -2.21. The second kappa shape index (κ2) is 15.7. The van der Waals surface area contributed by atoms with E-state index in [4.69, 9.17) is 33.9 Å². The molecule has 0 aromatic rings. The molecule has 0 saturated heterocycles. The first-order valence-corrected chi connectivity index (χ1v) is 5.10. The van der Waals surface area contributed by atoms with E-state index in [9.17, 15) is 0 Å². The van der Waals surface area contributed by atoms with E-state index in [2.05, 4.69) is 0 Å². The van der Waals surface area contributed by atoms with Crippen LogP contribution in [0.25, 0.3) is 0 Å². The van der Waals surface area contributed by atoms with Gasteiger partial charge in [-0.15, -0.1) is 0 Å². The molecular formula is C10H24O7. The minimum Gasteiger partial charge on any atom is -0.394 e. The quantitative estimate of drug-likeness (QED) is 0.523. The fourth-order valence-electron chi connectivity index (χ4n) is 0.767. The van der Waals surface area contributed by atoms with Gasteiger partial charge in [-0.05, 0) is 0 Å². The van der Waals surface area contributed by atoms with E-state index in [-0.39, 0.29) is 13.2 Å². The van der Waals surface area contributed by atoms with Crippen LogP contribution in [0.2, 0.25) is 0 Å². The highest BCUT2D eigenvalue weighted by Crippen LogP contribution is 2.01. The second-order valence-electron chi connectivity index (χ2n) is 2.82. The Morgan fingerprint density at radius 2 is 1.12 bits per heavy atom. The maximum Gasteiger partial charge on any atom is 0.183 e. The van der Waals surface area contributed by atoms with Gasteiger partial charge in [-0.25, -0.2) is 0 Å². The number of ether oxygens (including phenoxy) is 5. The highest BCUT2D eigenvalue weighted by Gasteiger charge is 2.14. The van der Waals surface area contributed by atoms with Crippen molar-refractivity contribution < 1.29 is 33.9 Å². The molecular weight excluding hydrogens is 232 g/mol. The predicted molar refractivity (Wildman–Crippen MR) is 60.6 cm³/mol. The molecule has 106 valence electrons. The maximum absolute atomic E-state index is 7.62. The number of hydrogen-bond acceptors (Lipinski definition) is 7. The Morgan fingerprint density at radius 1 is 0.765 bits per heavy atom. The third-order valence-electron chi connectivity index (χ3n) is 1.53. The first kappa shape index (κ1) is 19.1. The highest BCUT2D eigenvalue weighted by atomic mass is 16.8. The SMILES string of the molecule is COCC(OC)OC(COC)OC.OCCO. The van der Waals surface area contributed by atoms with Gasteiger partial charge < -0.3 is 33.9 Å². The lowest BCUT2D eigenvalue weighted by atomic mass is 10.6. The Balaban J connectivity index is 0. The molecule has 17 heavy (non-hydrogen) atoms. The molecule has 2 unspecified atom stereocenters. The van der Waals surface area contributed by atoms with Crippen LogP contribution in [-0.4, -0.2) is 77.7 Å². The third kappa shape index (κ3) is 13.7. The van der Waals surface area contributed by atoms with Crippen molar-refractivity contribution in [1.82, 2.24) is 0 Å². The number of hydrogen-bond donors (Lipinski definition) is 2. The van der Waals surface area contributed by atoms with Gasteiger partial charge in [0.25, 0.3) is 0 Å². The summed E-state index contributed by atoms with van der Waals surface area (Å²) >= 11 is 0. The summed E-state index contributed by atoms with van der Waals surface area (Å²) in [6.07, 6.45) is -0.852. The summed E-state index contributed by atoms with van der Waals surface area (Å²) in [5.41, 5.74) is 0. The van der Waals surface area contributed by atoms with Crippen molar-refractivity contribution in [3.05, 3.63) is 0 Å². The first-order valence-electron chi connectivity index (χ1n) is 5.10. The number of methoxy groups -OCH3 is 4. The molecule has 2 atom stereocenters. The van der Waals surface area contributed by atoms with Gasteiger partial charge in [-0.1, -0.05) is 0 Å². The first-order chi connectivity index (χ1) is 8.19. The Bertz CT molecular complexity index is 120. The zero-order valence-corrected chi connectivity index (χ0v) is 10.9. The monoisotopic (exact) mass is 256 g/mol. The predicted octanol–water partition coefficient (Wildman–Crippen LogP) is -0.788. The molecule has 0 saturated carbocycles. The van der Waals surface area contributed by atoms with Crippen LogP contribution >= 0.6 is 0 Å². The third-order valence-corrected chi connectivity index (χ3v) is 1.53. The van der Waals surface area contributed by atoms with E-state index >= 15 is 0 Å². The van der Waals surface area contributed by atoms with Gasteiger partial charge in [0.05, 0.1) is 26.4 Å². The van der Waals surface area contributed by atoms with Crippen LogP contribution in [0.4, 0.5) is 0 Å². The summed E-state index contributed by atoms with van der Waals surface area (Å²) < 4.78 is 25.1. The average molecular weight is 256 g/mol. The van der Waals surface area contributed by atoms with Crippen molar-refractivity contribution in [2.45, 2.75) is 12.6 Å². The van der Waals surface area contributed by atoms with Crippen molar-refractivity contribution in [2.24, 2.45) is 0 Å². The van der Waals surface area contributed by atoms with Crippen LogP contribution in [0.3, 0.4) is 0 Å². The molecule has 0 fully saturated rings. The van der Waals surface area contributed by atoms with Gasteiger partial charge in [0.2, 0.25) is 0 Å². The Morgan fingerprint density at radius 3 is 1.29 bits per heavy atom. The Hall–Kier alpha value is -0.280.